The first-order chi connectivity index (χ1) is 12.6. The van der Waals surface area contributed by atoms with E-state index in [2.05, 4.69) is 83.3 Å². The molecule has 1 saturated heterocycles. The molecule has 1 aliphatic heterocycles. The van der Waals surface area contributed by atoms with Crippen LogP contribution < -0.4 is 0 Å². The summed E-state index contributed by atoms with van der Waals surface area (Å²) in [6.07, 6.45) is 0. The van der Waals surface area contributed by atoms with Crippen molar-refractivity contribution in [3.63, 3.8) is 0 Å². The van der Waals surface area contributed by atoms with E-state index in [1.54, 1.807) is 0 Å². The largest absolute Gasteiger partial charge is 0.287 e. The smallest absolute Gasteiger partial charge is 0.270 e. The van der Waals surface area contributed by atoms with E-state index in [-0.39, 0.29) is 6.04 Å². The van der Waals surface area contributed by atoms with E-state index in [1.807, 2.05) is 12.1 Å². The first-order valence-corrected chi connectivity index (χ1v) is 11.1. The predicted molar refractivity (Wildman–Crippen MR) is 109 cm³/mol. The van der Waals surface area contributed by atoms with Gasteiger partial charge in [-0.05, 0) is 18.1 Å². The van der Waals surface area contributed by atoms with Crippen molar-refractivity contribution in [2.75, 3.05) is 19.6 Å². The van der Waals surface area contributed by atoms with Crippen molar-refractivity contribution in [2.24, 2.45) is 0 Å². The van der Waals surface area contributed by atoms with Crippen LogP contribution in [0, 0.1) is 0 Å². The summed E-state index contributed by atoms with van der Waals surface area (Å²) in [6.45, 7) is 10.3. The molecular formula is C21H30N3OP. The predicted octanol–water partition coefficient (Wildman–Crippen LogP) is 4.84. The molecule has 0 amide bonds. The standard InChI is InChI=1S/C21H30N3OP/c1-4-22(5-2)26(25)23(17-20-12-8-6-9-13-20)16-19(3)24(26)18-21-14-10-7-11-15-21/h6-15,19H,4-5,16-18H2,1-3H3/t19-,26+/m1/s1. The molecule has 0 bridgehead atoms. The Morgan fingerprint density at radius 2 is 1.42 bits per heavy atom. The van der Waals surface area contributed by atoms with E-state index in [1.165, 1.54) is 11.1 Å². The van der Waals surface area contributed by atoms with Gasteiger partial charge in [-0.3, -0.25) is 4.57 Å². The van der Waals surface area contributed by atoms with Crippen molar-refractivity contribution in [2.45, 2.75) is 39.9 Å². The van der Waals surface area contributed by atoms with Gasteiger partial charge in [-0.2, -0.15) is 0 Å². The average Bonchev–Trinajstić information content (AvgIpc) is 2.89. The Morgan fingerprint density at radius 3 is 1.92 bits per heavy atom. The van der Waals surface area contributed by atoms with Crippen LogP contribution in [0.2, 0.25) is 0 Å². The van der Waals surface area contributed by atoms with Crippen LogP contribution in [0.4, 0.5) is 0 Å². The van der Waals surface area contributed by atoms with Gasteiger partial charge in [-0.1, -0.05) is 74.5 Å². The molecule has 0 N–H and O–H groups in total. The van der Waals surface area contributed by atoms with Crippen molar-refractivity contribution in [1.82, 2.24) is 14.0 Å². The molecule has 0 spiro atoms. The molecule has 1 aliphatic rings. The van der Waals surface area contributed by atoms with Gasteiger partial charge in [0.25, 0.3) is 7.59 Å². The molecule has 1 heterocycles. The summed E-state index contributed by atoms with van der Waals surface area (Å²) in [5, 5.41) is 0. The summed E-state index contributed by atoms with van der Waals surface area (Å²) in [5.41, 5.74) is 2.43. The summed E-state index contributed by atoms with van der Waals surface area (Å²) < 4.78 is 21.0. The number of rotatable bonds is 7. The van der Waals surface area contributed by atoms with E-state index >= 15 is 0 Å². The molecule has 0 saturated carbocycles. The zero-order valence-corrected chi connectivity index (χ0v) is 17.0. The molecule has 4 nitrogen and oxygen atoms in total. The highest BCUT2D eigenvalue weighted by Crippen LogP contribution is 2.62. The van der Waals surface area contributed by atoms with Gasteiger partial charge in [0.15, 0.2) is 0 Å². The Kier molecular flexibility index (Phi) is 6.31. The van der Waals surface area contributed by atoms with Gasteiger partial charge >= 0.3 is 0 Å². The maximum atomic E-state index is 14.4. The van der Waals surface area contributed by atoms with Crippen molar-refractivity contribution < 1.29 is 4.57 Å². The molecule has 26 heavy (non-hydrogen) atoms. The van der Waals surface area contributed by atoms with Crippen LogP contribution in [0.3, 0.4) is 0 Å². The van der Waals surface area contributed by atoms with Crippen LogP contribution in [0.15, 0.2) is 60.7 Å². The lowest BCUT2D eigenvalue weighted by Crippen LogP contribution is -2.34. The zero-order valence-electron chi connectivity index (χ0n) is 16.1. The molecule has 0 aliphatic carbocycles. The topological polar surface area (TPSA) is 26.8 Å². The van der Waals surface area contributed by atoms with E-state index in [0.29, 0.717) is 0 Å². The van der Waals surface area contributed by atoms with Crippen LogP contribution in [0.1, 0.15) is 31.9 Å². The molecule has 0 radical (unpaired) electrons. The summed E-state index contributed by atoms with van der Waals surface area (Å²) >= 11 is 0. The zero-order chi connectivity index (χ0) is 18.6. The maximum Gasteiger partial charge on any atom is 0.287 e. The molecule has 0 unspecified atom stereocenters. The van der Waals surface area contributed by atoms with E-state index < -0.39 is 7.59 Å². The lowest BCUT2D eigenvalue weighted by atomic mass is 10.2. The molecule has 5 heteroatoms. The Balaban J connectivity index is 1.93. The minimum Gasteiger partial charge on any atom is -0.270 e. The third kappa shape index (κ3) is 3.79. The molecule has 2 aromatic carbocycles. The number of hydrogen-bond donors (Lipinski definition) is 0. The van der Waals surface area contributed by atoms with Gasteiger partial charge in [0.1, 0.15) is 0 Å². The molecule has 1 fully saturated rings. The summed E-state index contributed by atoms with van der Waals surface area (Å²) in [7, 11) is -2.79. The van der Waals surface area contributed by atoms with Crippen LogP contribution in [-0.2, 0) is 17.7 Å². The normalized spacial score (nSPS) is 24.4. The van der Waals surface area contributed by atoms with Crippen LogP contribution in [-0.4, -0.2) is 39.7 Å². The quantitative estimate of drug-likeness (QED) is 0.651. The van der Waals surface area contributed by atoms with Crippen molar-refractivity contribution in [3.05, 3.63) is 71.8 Å². The summed E-state index contributed by atoms with van der Waals surface area (Å²) in [5.74, 6) is 0. The van der Waals surface area contributed by atoms with Gasteiger partial charge in [0, 0.05) is 38.8 Å². The minimum atomic E-state index is -2.79. The number of nitrogens with zero attached hydrogens (tertiary/aromatic N) is 3. The van der Waals surface area contributed by atoms with Crippen molar-refractivity contribution in [1.29, 1.82) is 0 Å². The molecule has 3 rings (SSSR count). The Hall–Kier alpha value is -1.45. The fourth-order valence-electron chi connectivity index (χ4n) is 3.83. The summed E-state index contributed by atoms with van der Waals surface area (Å²) in [6, 6.07) is 21.0. The summed E-state index contributed by atoms with van der Waals surface area (Å²) in [4.78, 5) is 0. The van der Waals surface area contributed by atoms with Crippen LogP contribution in [0.5, 0.6) is 0 Å². The van der Waals surface area contributed by atoms with E-state index in [0.717, 1.165) is 32.7 Å². The van der Waals surface area contributed by atoms with Gasteiger partial charge in [-0.15, -0.1) is 0 Å². The van der Waals surface area contributed by atoms with Crippen LogP contribution in [0.25, 0.3) is 0 Å². The highest BCUT2D eigenvalue weighted by atomic mass is 31.2. The average molecular weight is 371 g/mol. The SMILES string of the molecule is CCN(CC)[P@]1(=O)N(Cc2ccccc2)C[C@@H](C)N1Cc1ccccc1. The van der Waals surface area contributed by atoms with E-state index in [4.69, 9.17) is 0 Å². The highest BCUT2D eigenvalue weighted by molar-refractivity contribution is 7.56. The minimum absolute atomic E-state index is 0.255. The second-order valence-electron chi connectivity index (χ2n) is 6.92. The lowest BCUT2D eigenvalue weighted by molar-refractivity contribution is 0.320. The van der Waals surface area contributed by atoms with E-state index in [9.17, 15) is 4.57 Å². The maximum absolute atomic E-state index is 14.4. The Bertz CT molecular complexity index is 733. The van der Waals surface area contributed by atoms with Gasteiger partial charge in [0.05, 0.1) is 0 Å². The van der Waals surface area contributed by atoms with Gasteiger partial charge in [0.2, 0.25) is 0 Å². The second kappa shape index (κ2) is 8.49. The molecule has 0 aromatic heterocycles. The molecule has 2 aromatic rings. The number of benzene rings is 2. The molecular weight excluding hydrogens is 341 g/mol. The van der Waals surface area contributed by atoms with Crippen molar-refractivity contribution in [3.8, 4) is 0 Å². The number of hydrogen-bond acceptors (Lipinski definition) is 1. The second-order valence-corrected chi connectivity index (χ2v) is 9.59. The monoisotopic (exact) mass is 371 g/mol. The Labute approximate surface area is 158 Å². The first kappa shape index (κ1) is 19.3. The molecule has 140 valence electrons. The Morgan fingerprint density at radius 1 is 0.923 bits per heavy atom. The first-order valence-electron chi connectivity index (χ1n) is 9.55. The third-order valence-electron chi connectivity index (χ3n) is 5.18. The third-order valence-corrected chi connectivity index (χ3v) is 8.73. The highest BCUT2D eigenvalue weighted by Gasteiger charge is 2.49. The van der Waals surface area contributed by atoms with Gasteiger partial charge < -0.3 is 0 Å². The van der Waals surface area contributed by atoms with Crippen molar-refractivity contribution >= 4 is 7.59 Å². The fraction of sp³-hybridized carbons (Fsp3) is 0.429. The lowest BCUT2D eigenvalue weighted by Gasteiger charge is -2.38. The van der Waals surface area contributed by atoms with Crippen LogP contribution >= 0.6 is 7.59 Å². The fourth-order valence-corrected chi connectivity index (χ4v) is 7.30. The van der Waals surface area contributed by atoms with Gasteiger partial charge in [-0.25, -0.2) is 14.0 Å². The molecule has 2 atom stereocenters.